The first kappa shape index (κ1) is 21.7. The van der Waals surface area contributed by atoms with Gasteiger partial charge in [-0.25, -0.2) is 14.7 Å². The molecule has 1 atom stereocenters. The molecular formula is C22H20ClN5O4. The second-order valence-corrected chi connectivity index (χ2v) is 7.36. The van der Waals surface area contributed by atoms with Crippen molar-refractivity contribution in [1.29, 1.82) is 0 Å². The predicted molar refractivity (Wildman–Crippen MR) is 117 cm³/mol. The van der Waals surface area contributed by atoms with Gasteiger partial charge in [0.05, 0.1) is 18.0 Å². The minimum atomic E-state index is -1.11. The number of amides is 1. The molecule has 2 aromatic carbocycles. The maximum Gasteiger partial charge on any atom is 0.304 e. The highest BCUT2D eigenvalue weighted by Gasteiger charge is 2.31. The first-order valence-corrected chi connectivity index (χ1v) is 10.2. The van der Waals surface area contributed by atoms with E-state index in [0.717, 1.165) is 5.56 Å². The Kier molecular flexibility index (Phi) is 6.29. The molecule has 0 spiro atoms. The minimum Gasteiger partial charge on any atom is -0.432 e. The van der Waals surface area contributed by atoms with Gasteiger partial charge in [0.2, 0.25) is 5.82 Å². The van der Waals surface area contributed by atoms with Crippen molar-refractivity contribution >= 4 is 29.2 Å². The topological polar surface area (TPSA) is 108 Å². The van der Waals surface area contributed by atoms with Gasteiger partial charge in [-0.15, -0.1) is 5.10 Å². The molecule has 3 aromatic rings. The molecule has 1 aliphatic heterocycles. The number of benzene rings is 2. The van der Waals surface area contributed by atoms with E-state index >= 15 is 0 Å². The van der Waals surface area contributed by atoms with E-state index in [-0.39, 0.29) is 11.6 Å². The number of nitrogens with one attached hydrogen (secondary N) is 1. The van der Waals surface area contributed by atoms with Crippen molar-refractivity contribution in [2.45, 2.75) is 13.2 Å². The van der Waals surface area contributed by atoms with Crippen LogP contribution in [0.1, 0.15) is 40.7 Å². The number of carbonyl (C=O) groups excluding carboxylic acids is 2. The molecule has 0 bridgehead atoms. The Morgan fingerprint density at radius 2 is 1.97 bits per heavy atom. The summed E-state index contributed by atoms with van der Waals surface area (Å²) in [5.41, 5.74) is 2.63. The molecule has 1 N–H and O–H groups in total. The molecule has 164 valence electrons. The lowest BCUT2D eigenvalue weighted by Crippen LogP contribution is -2.28. The molecule has 1 unspecified atom stereocenters. The highest BCUT2D eigenvalue weighted by Crippen LogP contribution is 2.32. The van der Waals surface area contributed by atoms with Crippen LogP contribution in [0.2, 0.25) is 5.02 Å². The normalized spacial score (nSPS) is 14.6. The number of methoxy groups -OCH3 is 1. The van der Waals surface area contributed by atoms with Gasteiger partial charge in [0, 0.05) is 36.7 Å². The van der Waals surface area contributed by atoms with Crippen LogP contribution in [-0.2, 0) is 14.3 Å². The van der Waals surface area contributed by atoms with Gasteiger partial charge >= 0.3 is 5.97 Å². The fourth-order valence-electron chi connectivity index (χ4n) is 3.29. The van der Waals surface area contributed by atoms with Gasteiger partial charge < -0.3 is 14.8 Å². The Morgan fingerprint density at radius 3 is 2.69 bits per heavy atom. The number of halogens is 1. The molecule has 32 heavy (non-hydrogen) atoms. The zero-order chi connectivity index (χ0) is 22.7. The largest absolute Gasteiger partial charge is 0.432 e. The molecule has 0 aliphatic carbocycles. The summed E-state index contributed by atoms with van der Waals surface area (Å²) in [5, 5.41) is 7.57. The molecule has 1 amide bonds. The standard InChI is InChI=1S/C22H20ClN5O4/c1-13(29)32-22-20-26-19(21(30)24-10-11-31-2)27-28(20)17-9-8-15(23)12-16(17)18(25-22)14-6-4-3-5-7-14/h3-9,12,22H,10-11H2,1-2H3,(H,24,30). The van der Waals surface area contributed by atoms with Gasteiger partial charge in [0.15, 0.2) is 5.82 Å². The fraction of sp³-hybridized carbons (Fsp3) is 0.227. The maximum absolute atomic E-state index is 12.5. The van der Waals surface area contributed by atoms with Gasteiger partial charge in [0.1, 0.15) is 0 Å². The van der Waals surface area contributed by atoms with Gasteiger partial charge in [-0.3, -0.25) is 9.59 Å². The Hall–Kier alpha value is -3.56. The summed E-state index contributed by atoms with van der Waals surface area (Å²) in [5.74, 6) is -0.901. The highest BCUT2D eigenvalue weighted by atomic mass is 35.5. The number of carbonyl (C=O) groups is 2. The fourth-order valence-corrected chi connectivity index (χ4v) is 3.46. The number of hydrogen-bond donors (Lipinski definition) is 1. The van der Waals surface area contributed by atoms with E-state index in [0.29, 0.717) is 35.1 Å². The van der Waals surface area contributed by atoms with Crippen LogP contribution in [0.4, 0.5) is 0 Å². The maximum atomic E-state index is 12.5. The smallest absolute Gasteiger partial charge is 0.304 e. The average Bonchev–Trinajstić information content (AvgIpc) is 3.18. The summed E-state index contributed by atoms with van der Waals surface area (Å²) >= 11 is 6.30. The summed E-state index contributed by atoms with van der Waals surface area (Å²) in [4.78, 5) is 33.4. The number of aromatic nitrogens is 3. The van der Waals surface area contributed by atoms with Crippen LogP contribution in [0.3, 0.4) is 0 Å². The van der Waals surface area contributed by atoms with Gasteiger partial charge in [-0.2, -0.15) is 0 Å². The van der Waals surface area contributed by atoms with E-state index in [2.05, 4.69) is 15.4 Å². The third-order valence-corrected chi connectivity index (χ3v) is 4.90. The lowest BCUT2D eigenvalue weighted by Gasteiger charge is -2.12. The van der Waals surface area contributed by atoms with Crippen molar-refractivity contribution in [3.8, 4) is 5.69 Å². The van der Waals surface area contributed by atoms with Crippen LogP contribution >= 0.6 is 11.6 Å². The van der Waals surface area contributed by atoms with Crippen molar-refractivity contribution in [3.63, 3.8) is 0 Å². The summed E-state index contributed by atoms with van der Waals surface area (Å²) in [6.07, 6.45) is -1.11. The Labute approximate surface area is 189 Å². The van der Waals surface area contributed by atoms with E-state index < -0.39 is 18.1 Å². The van der Waals surface area contributed by atoms with Crippen molar-refractivity contribution in [1.82, 2.24) is 20.1 Å². The molecule has 2 heterocycles. The third-order valence-electron chi connectivity index (χ3n) is 4.66. The number of ether oxygens (including phenoxy) is 2. The van der Waals surface area contributed by atoms with E-state index in [4.69, 9.17) is 26.1 Å². The first-order chi connectivity index (χ1) is 15.5. The predicted octanol–water partition coefficient (Wildman–Crippen LogP) is 2.71. The van der Waals surface area contributed by atoms with Crippen LogP contribution < -0.4 is 5.32 Å². The minimum absolute atomic E-state index is 0.0764. The quantitative estimate of drug-likeness (QED) is 0.454. The van der Waals surface area contributed by atoms with Gasteiger partial charge in [-0.05, 0) is 18.2 Å². The zero-order valence-corrected chi connectivity index (χ0v) is 18.2. The van der Waals surface area contributed by atoms with Crippen LogP contribution in [0.15, 0.2) is 53.5 Å². The molecule has 0 fully saturated rings. The monoisotopic (exact) mass is 453 g/mol. The van der Waals surface area contributed by atoms with Crippen molar-refractivity contribution < 1.29 is 19.1 Å². The molecule has 1 aliphatic rings. The average molecular weight is 454 g/mol. The lowest BCUT2D eigenvalue weighted by atomic mass is 10.0. The third kappa shape index (κ3) is 4.39. The van der Waals surface area contributed by atoms with Crippen molar-refractivity contribution in [3.05, 3.63) is 76.3 Å². The lowest BCUT2D eigenvalue weighted by molar-refractivity contribution is -0.146. The number of aliphatic imine (C=N–C) groups is 1. The number of nitrogens with zero attached hydrogens (tertiary/aromatic N) is 4. The molecule has 4 rings (SSSR count). The van der Waals surface area contributed by atoms with Crippen LogP contribution in [0, 0.1) is 0 Å². The SMILES string of the molecule is COCCNC(=O)c1nc2n(n1)-c1ccc(Cl)cc1C(c1ccccc1)=NC2OC(C)=O. The second kappa shape index (κ2) is 9.29. The highest BCUT2D eigenvalue weighted by molar-refractivity contribution is 6.31. The summed E-state index contributed by atoms with van der Waals surface area (Å²) in [6, 6.07) is 14.7. The molecule has 0 radical (unpaired) electrons. The molecule has 1 aromatic heterocycles. The Balaban J connectivity index is 1.88. The van der Waals surface area contributed by atoms with E-state index in [1.165, 1.54) is 18.7 Å². The molecule has 0 saturated heterocycles. The number of fused-ring (bicyclic) bond motifs is 3. The molecule has 0 saturated carbocycles. The van der Waals surface area contributed by atoms with E-state index in [1.807, 2.05) is 30.3 Å². The number of rotatable bonds is 6. The van der Waals surface area contributed by atoms with Crippen molar-refractivity contribution in [2.75, 3.05) is 20.3 Å². The van der Waals surface area contributed by atoms with Gasteiger partial charge in [-0.1, -0.05) is 41.9 Å². The van der Waals surface area contributed by atoms with Crippen LogP contribution in [0.25, 0.3) is 5.69 Å². The van der Waals surface area contributed by atoms with Crippen LogP contribution in [-0.4, -0.2) is 52.6 Å². The first-order valence-electron chi connectivity index (χ1n) is 9.82. The molecule has 9 nitrogen and oxygen atoms in total. The summed E-state index contributed by atoms with van der Waals surface area (Å²) in [6.45, 7) is 1.93. The Morgan fingerprint density at radius 1 is 1.19 bits per heavy atom. The van der Waals surface area contributed by atoms with Crippen LogP contribution in [0.5, 0.6) is 0 Å². The van der Waals surface area contributed by atoms with E-state index in [1.54, 1.807) is 18.2 Å². The second-order valence-electron chi connectivity index (χ2n) is 6.92. The van der Waals surface area contributed by atoms with Crippen molar-refractivity contribution in [2.24, 2.45) is 4.99 Å². The summed E-state index contributed by atoms with van der Waals surface area (Å²) in [7, 11) is 1.54. The zero-order valence-electron chi connectivity index (χ0n) is 17.4. The Bertz CT molecular complexity index is 1190. The summed E-state index contributed by atoms with van der Waals surface area (Å²) < 4.78 is 11.9. The molecular weight excluding hydrogens is 434 g/mol. The molecule has 10 heteroatoms. The van der Waals surface area contributed by atoms with Gasteiger partial charge in [0.25, 0.3) is 12.1 Å². The van der Waals surface area contributed by atoms with E-state index in [9.17, 15) is 9.59 Å². The number of esters is 1. The number of hydrogen-bond acceptors (Lipinski definition) is 7.